The van der Waals surface area contributed by atoms with Gasteiger partial charge in [-0.1, -0.05) is 20.3 Å². The molecular weight excluding hydrogens is 200 g/mol. The summed E-state index contributed by atoms with van der Waals surface area (Å²) in [5, 5.41) is 6.41. The highest BCUT2D eigenvalue weighted by molar-refractivity contribution is 5.81. The van der Waals surface area contributed by atoms with E-state index >= 15 is 0 Å². The summed E-state index contributed by atoms with van der Waals surface area (Å²) in [7, 11) is 0. The van der Waals surface area contributed by atoms with E-state index in [4.69, 9.17) is 0 Å². The molecule has 0 heterocycles. The largest absolute Gasteiger partial charge is 0.352 e. The number of hydrogen-bond acceptors (Lipinski definition) is 2. The van der Waals surface area contributed by atoms with Crippen molar-refractivity contribution >= 4 is 5.91 Å². The zero-order valence-corrected chi connectivity index (χ0v) is 11.0. The summed E-state index contributed by atoms with van der Waals surface area (Å²) in [5.41, 5.74) is 0. The van der Waals surface area contributed by atoms with E-state index in [1.165, 1.54) is 19.3 Å². The predicted molar refractivity (Wildman–Crippen MR) is 67.3 cm³/mol. The molecule has 0 aliphatic heterocycles. The lowest BCUT2D eigenvalue weighted by atomic mass is 10.2. The average molecular weight is 226 g/mol. The van der Waals surface area contributed by atoms with Gasteiger partial charge in [-0.3, -0.25) is 4.79 Å². The Morgan fingerprint density at radius 1 is 1.38 bits per heavy atom. The van der Waals surface area contributed by atoms with Gasteiger partial charge in [0.15, 0.2) is 0 Å². The number of carbonyl (C=O) groups excluding carboxylic acids is 1. The molecule has 4 atom stereocenters. The van der Waals surface area contributed by atoms with E-state index < -0.39 is 0 Å². The third-order valence-corrected chi connectivity index (χ3v) is 3.44. The van der Waals surface area contributed by atoms with Crippen LogP contribution in [0.3, 0.4) is 0 Å². The van der Waals surface area contributed by atoms with Gasteiger partial charge in [-0.05, 0) is 39.0 Å². The first-order valence-electron chi connectivity index (χ1n) is 6.64. The van der Waals surface area contributed by atoms with Gasteiger partial charge >= 0.3 is 0 Å². The molecule has 2 N–H and O–H groups in total. The molecule has 3 nitrogen and oxygen atoms in total. The van der Waals surface area contributed by atoms with Gasteiger partial charge < -0.3 is 10.6 Å². The van der Waals surface area contributed by atoms with Gasteiger partial charge in [0.2, 0.25) is 5.91 Å². The van der Waals surface area contributed by atoms with Gasteiger partial charge in [-0.15, -0.1) is 0 Å². The smallest absolute Gasteiger partial charge is 0.237 e. The minimum absolute atomic E-state index is 0.0548. The van der Waals surface area contributed by atoms with Crippen molar-refractivity contribution in [2.24, 2.45) is 5.92 Å². The summed E-state index contributed by atoms with van der Waals surface area (Å²) in [6.07, 6.45) is 4.77. The van der Waals surface area contributed by atoms with Crippen molar-refractivity contribution in [3.8, 4) is 0 Å². The second kappa shape index (κ2) is 6.24. The van der Waals surface area contributed by atoms with E-state index in [0.29, 0.717) is 6.04 Å². The van der Waals surface area contributed by atoms with E-state index in [1.54, 1.807) is 0 Å². The minimum atomic E-state index is -0.0548. The van der Waals surface area contributed by atoms with Crippen LogP contribution in [-0.4, -0.2) is 24.0 Å². The molecule has 4 unspecified atom stereocenters. The molecule has 1 amide bonds. The molecule has 1 fully saturated rings. The van der Waals surface area contributed by atoms with Crippen molar-refractivity contribution in [1.29, 1.82) is 0 Å². The van der Waals surface area contributed by atoms with E-state index in [1.807, 2.05) is 13.8 Å². The summed E-state index contributed by atoms with van der Waals surface area (Å²) in [5.74, 6) is 0.945. The Morgan fingerprint density at radius 2 is 2.06 bits per heavy atom. The van der Waals surface area contributed by atoms with Gasteiger partial charge in [0.25, 0.3) is 0 Å². The number of amides is 1. The topological polar surface area (TPSA) is 41.1 Å². The maximum atomic E-state index is 11.8. The fourth-order valence-electron chi connectivity index (χ4n) is 2.01. The van der Waals surface area contributed by atoms with Crippen LogP contribution in [0.15, 0.2) is 0 Å². The van der Waals surface area contributed by atoms with Crippen molar-refractivity contribution < 1.29 is 4.79 Å². The van der Waals surface area contributed by atoms with Crippen molar-refractivity contribution in [2.45, 2.75) is 71.5 Å². The maximum absolute atomic E-state index is 11.8. The summed E-state index contributed by atoms with van der Waals surface area (Å²) in [6, 6.07) is 0.806. The second-order valence-corrected chi connectivity index (χ2v) is 5.10. The molecule has 16 heavy (non-hydrogen) atoms. The predicted octanol–water partition coefficient (Wildman–Crippen LogP) is 2.07. The highest BCUT2D eigenvalue weighted by Gasteiger charge is 2.37. The van der Waals surface area contributed by atoms with Crippen molar-refractivity contribution in [3.05, 3.63) is 0 Å². The van der Waals surface area contributed by atoms with Crippen LogP contribution in [0.25, 0.3) is 0 Å². The number of carbonyl (C=O) groups is 1. The zero-order chi connectivity index (χ0) is 12.1. The molecule has 1 aliphatic carbocycles. The van der Waals surface area contributed by atoms with Crippen LogP contribution in [-0.2, 0) is 4.79 Å². The third-order valence-electron chi connectivity index (χ3n) is 3.44. The molecule has 0 aromatic carbocycles. The average Bonchev–Trinajstić information content (AvgIpc) is 2.96. The molecule has 3 heteroatoms. The molecule has 0 aromatic heterocycles. The van der Waals surface area contributed by atoms with Crippen molar-refractivity contribution in [2.75, 3.05) is 0 Å². The van der Waals surface area contributed by atoms with Gasteiger partial charge in [0, 0.05) is 12.1 Å². The summed E-state index contributed by atoms with van der Waals surface area (Å²) in [6.45, 7) is 8.30. The zero-order valence-electron chi connectivity index (χ0n) is 11.0. The van der Waals surface area contributed by atoms with Gasteiger partial charge in [-0.2, -0.15) is 0 Å². The second-order valence-electron chi connectivity index (χ2n) is 5.10. The molecule has 1 aliphatic rings. The molecule has 1 saturated carbocycles. The fraction of sp³-hybridized carbons (Fsp3) is 0.923. The molecular formula is C13H26N2O. The number of hydrogen-bond donors (Lipinski definition) is 2. The van der Waals surface area contributed by atoms with Crippen LogP contribution < -0.4 is 10.6 Å². The molecule has 0 radical (unpaired) electrons. The number of nitrogens with one attached hydrogen (secondary N) is 2. The lowest BCUT2D eigenvalue weighted by Gasteiger charge is -2.17. The first kappa shape index (κ1) is 13.5. The van der Waals surface area contributed by atoms with Crippen LogP contribution in [0, 0.1) is 5.92 Å². The third kappa shape index (κ3) is 4.12. The molecule has 0 aromatic rings. The molecule has 94 valence electrons. The quantitative estimate of drug-likeness (QED) is 0.698. The maximum Gasteiger partial charge on any atom is 0.237 e. The lowest BCUT2D eigenvalue weighted by Crippen LogP contribution is -2.46. The van der Waals surface area contributed by atoms with Gasteiger partial charge in [0.1, 0.15) is 0 Å². The summed E-state index contributed by atoms with van der Waals surface area (Å²) < 4.78 is 0. The van der Waals surface area contributed by atoms with Crippen LogP contribution in [0.4, 0.5) is 0 Å². The van der Waals surface area contributed by atoms with E-state index in [9.17, 15) is 4.79 Å². The van der Waals surface area contributed by atoms with E-state index in [-0.39, 0.29) is 18.0 Å². The SMILES string of the molecule is CCCC1CC1NC(C)C(=O)NC(C)CC. The van der Waals surface area contributed by atoms with Crippen LogP contribution >= 0.6 is 0 Å². The minimum Gasteiger partial charge on any atom is -0.352 e. The monoisotopic (exact) mass is 226 g/mol. The van der Waals surface area contributed by atoms with E-state index in [0.717, 1.165) is 12.3 Å². The van der Waals surface area contributed by atoms with Crippen molar-refractivity contribution in [3.63, 3.8) is 0 Å². The van der Waals surface area contributed by atoms with Gasteiger partial charge in [-0.25, -0.2) is 0 Å². The Hall–Kier alpha value is -0.570. The highest BCUT2D eigenvalue weighted by atomic mass is 16.2. The Kier molecular flexibility index (Phi) is 5.26. The number of rotatable bonds is 7. The fourth-order valence-corrected chi connectivity index (χ4v) is 2.01. The Balaban J connectivity index is 2.20. The first-order chi connectivity index (χ1) is 7.58. The van der Waals surface area contributed by atoms with E-state index in [2.05, 4.69) is 24.5 Å². The normalized spacial score (nSPS) is 27.2. The summed E-state index contributed by atoms with van der Waals surface area (Å²) in [4.78, 5) is 11.8. The van der Waals surface area contributed by atoms with Crippen LogP contribution in [0.5, 0.6) is 0 Å². The van der Waals surface area contributed by atoms with Crippen LogP contribution in [0.2, 0.25) is 0 Å². The summed E-state index contributed by atoms with van der Waals surface area (Å²) >= 11 is 0. The van der Waals surface area contributed by atoms with Crippen LogP contribution in [0.1, 0.15) is 53.4 Å². The van der Waals surface area contributed by atoms with Crippen molar-refractivity contribution in [1.82, 2.24) is 10.6 Å². The molecule has 0 saturated heterocycles. The Morgan fingerprint density at radius 3 is 2.62 bits per heavy atom. The molecule has 0 spiro atoms. The Bertz CT molecular complexity index is 230. The molecule has 1 rings (SSSR count). The first-order valence-corrected chi connectivity index (χ1v) is 6.64. The highest BCUT2D eigenvalue weighted by Crippen LogP contribution is 2.34. The Labute approximate surface area is 99.4 Å². The molecule has 0 bridgehead atoms. The lowest BCUT2D eigenvalue weighted by molar-refractivity contribution is -0.123. The van der Waals surface area contributed by atoms with Gasteiger partial charge in [0.05, 0.1) is 6.04 Å². The standard InChI is InChI=1S/C13H26N2O/c1-5-7-11-8-12(11)15-10(4)13(16)14-9(3)6-2/h9-12,15H,5-8H2,1-4H3,(H,14,16).